The monoisotopic (exact) mass is 261 g/mol. The summed E-state index contributed by atoms with van der Waals surface area (Å²) in [5.74, 6) is -0.103. The van der Waals surface area contributed by atoms with Crippen molar-refractivity contribution in [2.75, 3.05) is 12.4 Å². The van der Waals surface area contributed by atoms with Gasteiger partial charge in [-0.2, -0.15) is 0 Å². The molecule has 0 radical (unpaired) electrons. The van der Waals surface area contributed by atoms with Gasteiger partial charge in [-0.15, -0.1) is 0 Å². The molecule has 3 unspecified atom stereocenters. The minimum Gasteiger partial charge on any atom is -0.497 e. The van der Waals surface area contributed by atoms with Crippen LogP contribution in [0.2, 0.25) is 0 Å². The standard InChI is InChI=1S/C15H19NO3/c1-19-9-6-7-11-13(8-9)16-12-5-3-2-4-10(12)14(11)15(17)18/h6-8,10,12,14,16H,2-5H2,1H3,(H,17,18). The molecule has 4 nitrogen and oxygen atoms in total. The van der Waals surface area contributed by atoms with Gasteiger partial charge in [-0.25, -0.2) is 0 Å². The highest BCUT2D eigenvalue weighted by Crippen LogP contribution is 2.45. The maximum atomic E-state index is 11.7. The molecule has 19 heavy (non-hydrogen) atoms. The van der Waals surface area contributed by atoms with Crippen molar-refractivity contribution in [2.24, 2.45) is 5.92 Å². The van der Waals surface area contributed by atoms with Gasteiger partial charge in [0.05, 0.1) is 13.0 Å². The van der Waals surface area contributed by atoms with Crippen LogP contribution in [0.15, 0.2) is 18.2 Å². The molecule has 0 aromatic heterocycles. The van der Waals surface area contributed by atoms with Gasteiger partial charge in [0.2, 0.25) is 0 Å². The van der Waals surface area contributed by atoms with Gasteiger partial charge in [-0.1, -0.05) is 18.9 Å². The Bertz CT molecular complexity index is 500. The number of aliphatic carboxylic acids is 1. The normalized spacial score (nSPS) is 28.8. The number of fused-ring (bicyclic) bond motifs is 2. The number of hydrogen-bond donors (Lipinski definition) is 2. The number of nitrogens with one attached hydrogen (secondary N) is 1. The molecule has 1 heterocycles. The van der Waals surface area contributed by atoms with Crippen LogP contribution < -0.4 is 10.1 Å². The lowest BCUT2D eigenvalue weighted by molar-refractivity contribution is -0.140. The molecule has 0 saturated heterocycles. The van der Waals surface area contributed by atoms with Crippen molar-refractivity contribution in [3.8, 4) is 5.75 Å². The third-order valence-electron chi connectivity index (χ3n) is 4.45. The molecule has 0 amide bonds. The molecule has 102 valence electrons. The molecule has 1 fully saturated rings. The van der Waals surface area contributed by atoms with E-state index in [2.05, 4.69) is 5.32 Å². The quantitative estimate of drug-likeness (QED) is 0.859. The summed E-state index contributed by atoms with van der Waals surface area (Å²) in [6.07, 6.45) is 4.38. The molecule has 3 rings (SSSR count). The van der Waals surface area contributed by atoms with Crippen molar-refractivity contribution in [1.82, 2.24) is 0 Å². The summed E-state index contributed by atoms with van der Waals surface area (Å²) in [6.45, 7) is 0. The summed E-state index contributed by atoms with van der Waals surface area (Å²) in [5, 5.41) is 13.1. The molecule has 0 bridgehead atoms. The summed E-state index contributed by atoms with van der Waals surface area (Å²) in [4.78, 5) is 11.7. The second-order valence-electron chi connectivity index (χ2n) is 5.47. The second kappa shape index (κ2) is 4.76. The van der Waals surface area contributed by atoms with Crippen LogP contribution in [0, 0.1) is 5.92 Å². The van der Waals surface area contributed by atoms with Crippen molar-refractivity contribution in [1.29, 1.82) is 0 Å². The van der Waals surface area contributed by atoms with Gasteiger partial charge in [0, 0.05) is 17.8 Å². The number of anilines is 1. The van der Waals surface area contributed by atoms with Crippen molar-refractivity contribution < 1.29 is 14.6 Å². The zero-order valence-corrected chi connectivity index (χ0v) is 11.1. The van der Waals surface area contributed by atoms with Crippen LogP contribution in [-0.4, -0.2) is 24.2 Å². The molecule has 2 aliphatic rings. The van der Waals surface area contributed by atoms with E-state index in [-0.39, 0.29) is 17.9 Å². The van der Waals surface area contributed by atoms with Crippen LogP contribution >= 0.6 is 0 Å². The largest absolute Gasteiger partial charge is 0.497 e. The second-order valence-corrected chi connectivity index (χ2v) is 5.47. The molecule has 1 aliphatic heterocycles. The molecule has 1 aliphatic carbocycles. The van der Waals surface area contributed by atoms with Crippen LogP contribution in [0.1, 0.15) is 37.2 Å². The first-order chi connectivity index (χ1) is 9.20. The highest BCUT2D eigenvalue weighted by atomic mass is 16.5. The first kappa shape index (κ1) is 12.3. The molecule has 1 saturated carbocycles. The van der Waals surface area contributed by atoms with E-state index in [1.807, 2.05) is 18.2 Å². The summed E-state index contributed by atoms with van der Waals surface area (Å²) in [6, 6.07) is 5.94. The molecule has 4 heteroatoms. The number of hydrogen-bond acceptors (Lipinski definition) is 3. The molecule has 0 spiro atoms. The Balaban J connectivity index is 2.04. The summed E-state index contributed by atoms with van der Waals surface area (Å²) >= 11 is 0. The van der Waals surface area contributed by atoms with Crippen molar-refractivity contribution in [3.63, 3.8) is 0 Å². The van der Waals surface area contributed by atoms with Crippen molar-refractivity contribution in [2.45, 2.75) is 37.6 Å². The fourth-order valence-electron chi connectivity index (χ4n) is 3.54. The van der Waals surface area contributed by atoms with E-state index in [0.29, 0.717) is 0 Å². The van der Waals surface area contributed by atoms with Gasteiger partial charge in [-0.3, -0.25) is 4.79 Å². The van der Waals surface area contributed by atoms with E-state index in [9.17, 15) is 9.90 Å². The number of methoxy groups -OCH3 is 1. The molecular weight excluding hydrogens is 242 g/mol. The molecule has 1 aromatic rings. The molecular formula is C15H19NO3. The number of rotatable bonds is 2. The topological polar surface area (TPSA) is 58.6 Å². The fourth-order valence-corrected chi connectivity index (χ4v) is 3.54. The van der Waals surface area contributed by atoms with Gasteiger partial charge in [0.15, 0.2) is 0 Å². The summed E-state index contributed by atoms with van der Waals surface area (Å²) < 4.78 is 5.22. The summed E-state index contributed by atoms with van der Waals surface area (Å²) in [7, 11) is 1.63. The summed E-state index contributed by atoms with van der Waals surface area (Å²) in [5.41, 5.74) is 1.83. The van der Waals surface area contributed by atoms with E-state index in [1.54, 1.807) is 7.11 Å². The minimum atomic E-state index is -0.704. The Morgan fingerprint density at radius 1 is 1.37 bits per heavy atom. The zero-order chi connectivity index (χ0) is 13.4. The minimum absolute atomic E-state index is 0.215. The molecule has 2 N–H and O–H groups in total. The van der Waals surface area contributed by atoms with Crippen LogP contribution in [0.5, 0.6) is 5.75 Å². The average Bonchev–Trinajstić information content (AvgIpc) is 2.43. The zero-order valence-electron chi connectivity index (χ0n) is 11.1. The lowest BCUT2D eigenvalue weighted by atomic mass is 9.71. The number of carbonyl (C=O) groups is 1. The lowest BCUT2D eigenvalue weighted by Gasteiger charge is -2.41. The van der Waals surface area contributed by atoms with Crippen molar-refractivity contribution in [3.05, 3.63) is 23.8 Å². The highest BCUT2D eigenvalue weighted by Gasteiger charge is 2.41. The lowest BCUT2D eigenvalue weighted by Crippen LogP contribution is -2.42. The first-order valence-corrected chi connectivity index (χ1v) is 6.88. The smallest absolute Gasteiger partial charge is 0.311 e. The Morgan fingerprint density at radius 2 is 2.16 bits per heavy atom. The molecule has 1 aromatic carbocycles. The van der Waals surface area contributed by atoms with Crippen molar-refractivity contribution >= 4 is 11.7 Å². The van der Waals surface area contributed by atoms with Gasteiger partial charge in [0.1, 0.15) is 5.75 Å². The Morgan fingerprint density at radius 3 is 2.89 bits per heavy atom. The van der Waals surface area contributed by atoms with E-state index in [1.165, 1.54) is 6.42 Å². The fraction of sp³-hybridized carbons (Fsp3) is 0.533. The van der Waals surface area contributed by atoms with Gasteiger partial charge < -0.3 is 15.2 Å². The Labute approximate surface area is 112 Å². The van der Waals surface area contributed by atoms with Crippen LogP contribution in [0.25, 0.3) is 0 Å². The third kappa shape index (κ3) is 2.05. The number of carboxylic acid groups (broad SMARTS) is 1. The molecule has 3 atom stereocenters. The van der Waals surface area contributed by atoms with Gasteiger partial charge in [-0.05, 0) is 30.4 Å². The van der Waals surface area contributed by atoms with E-state index in [0.717, 1.165) is 36.3 Å². The van der Waals surface area contributed by atoms with E-state index in [4.69, 9.17) is 4.74 Å². The van der Waals surface area contributed by atoms with E-state index < -0.39 is 5.97 Å². The van der Waals surface area contributed by atoms with Gasteiger partial charge >= 0.3 is 5.97 Å². The van der Waals surface area contributed by atoms with Crippen LogP contribution in [-0.2, 0) is 4.79 Å². The van der Waals surface area contributed by atoms with Gasteiger partial charge in [0.25, 0.3) is 0 Å². The highest BCUT2D eigenvalue weighted by molar-refractivity contribution is 5.81. The maximum Gasteiger partial charge on any atom is 0.311 e. The number of benzene rings is 1. The number of ether oxygens (including phenoxy) is 1. The Kier molecular flexibility index (Phi) is 3.09. The predicted octanol–water partition coefficient (Wildman–Crippen LogP) is 2.85. The van der Waals surface area contributed by atoms with E-state index >= 15 is 0 Å². The van der Waals surface area contributed by atoms with Crippen LogP contribution in [0.4, 0.5) is 5.69 Å². The van der Waals surface area contributed by atoms with Crippen LogP contribution in [0.3, 0.4) is 0 Å². The number of carboxylic acids is 1. The SMILES string of the molecule is COc1ccc2c(c1)NC1CCCCC1C2C(=O)O. The maximum absolute atomic E-state index is 11.7. The first-order valence-electron chi connectivity index (χ1n) is 6.88. The Hall–Kier alpha value is -1.71. The third-order valence-corrected chi connectivity index (χ3v) is 4.45. The average molecular weight is 261 g/mol. The predicted molar refractivity (Wildman–Crippen MR) is 72.7 cm³/mol.